The Morgan fingerprint density at radius 2 is 1.78 bits per heavy atom. The van der Waals surface area contributed by atoms with Gasteiger partial charge in [0.05, 0.1) is 0 Å². The van der Waals surface area contributed by atoms with Gasteiger partial charge in [-0.2, -0.15) is 0 Å². The molecule has 1 fully saturated rings. The molecule has 1 aromatic rings. The van der Waals surface area contributed by atoms with E-state index in [2.05, 4.69) is 35.3 Å². The molecule has 0 unspecified atom stereocenters. The molecule has 0 atom stereocenters. The van der Waals surface area contributed by atoms with Crippen LogP contribution in [0.3, 0.4) is 0 Å². The predicted molar refractivity (Wildman–Crippen MR) is 74.0 cm³/mol. The Morgan fingerprint density at radius 1 is 1.00 bits per heavy atom. The fourth-order valence-corrected chi connectivity index (χ4v) is 3.13. The van der Waals surface area contributed by atoms with Crippen molar-refractivity contribution in [2.75, 3.05) is 6.54 Å². The maximum atomic E-state index is 6.27. The van der Waals surface area contributed by atoms with Crippen LogP contribution in [0, 0.1) is 0 Å². The minimum Gasteiger partial charge on any atom is -0.474 e. The second kappa shape index (κ2) is 5.13. The molecule has 2 aliphatic rings. The van der Waals surface area contributed by atoms with Crippen LogP contribution in [0.15, 0.2) is 35.3 Å². The number of nitrogens with zero attached hydrogens (tertiary/aromatic N) is 1. The summed E-state index contributed by atoms with van der Waals surface area (Å²) in [6, 6.07) is 10.5. The van der Waals surface area contributed by atoms with Gasteiger partial charge in [-0.3, -0.25) is 4.99 Å². The van der Waals surface area contributed by atoms with Crippen molar-refractivity contribution in [3.63, 3.8) is 0 Å². The Morgan fingerprint density at radius 3 is 2.56 bits per heavy atom. The lowest BCUT2D eigenvalue weighted by Crippen LogP contribution is -2.41. The highest BCUT2D eigenvalue weighted by Crippen LogP contribution is 2.36. The minimum atomic E-state index is 0.129. The molecular formula is C16H21NO. The van der Waals surface area contributed by atoms with Crippen LogP contribution in [0.1, 0.15) is 44.1 Å². The number of hydrogen-bond acceptors (Lipinski definition) is 2. The van der Waals surface area contributed by atoms with Crippen molar-refractivity contribution in [2.24, 2.45) is 4.99 Å². The lowest BCUT2D eigenvalue weighted by atomic mass is 9.81. The molecular weight excluding hydrogens is 222 g/mol. The van der Waals surface area contributed by atoms with Crippen LogP contribution in [0.25, 0.3) is 0 Å². The molecule has 0 amide bonds. The standard InChI is InChI=1S/C16H21NO/c1-3-7-14(8-4-1)13-15-17-12-11-16(18-15)9-5-2-6-10-16/h1,3-4,7-8H,2,5-6,9-13H2. The first-order valence-electron chi connectivity index (χ1n) is 7.13. The molecule has 0 saturated heterocycles. The summed E-state index contributed by atoms with van der Waals surface area (Å²) in [4.78, 5) is 4.57. The highest BCUT2D eigenvalue weighted by atomic mass is 16.5. The summed E-state index contributed by atoms with van der Waals surface area (Å²) in [6.07, 6.45) is 8.42. The van der Waals surface area contributed by atoms with Crippen molar-refractivity contribution < 1.29 is 4.74 Å². The van der Waals surface area contributed by atoms with Gasteiger partial charge in [0, 0.05) is 19.4 Å². The summed E-state index contributed by atoms with van der Waals surface area (Å²) in [5.74, 6) is 0.953. The quantitative estimate of drug-likeness (QED) is 0.775. The van der Waals surface area contributed by atoms with Crippen LogP contribution in [-0.2, 0) is 11.2 Å². The smallest absolute Gasteiger partial charge is 0.188 e. The maximum absolute atomic E-state index is 6.27. The van der Waals surface area contributed by atoms with E-state index in [-0.39, 0.29) is 5.60 Å². The Bertz CT molecular complexity index is 418. The van der Waals surface area contributed by atoms with Gasteiger partial charge >= 0.3 is 0 Å². The summed E-state index contributed by atoms with van der Waals surface area (Å²) < 4.78 is 6.27. The molecule has 0 radical (unpaired) electrons. The third kappa shape index (κ3) is 2.58. The molecule has 2 heteroatoms. The number of ether oxygens (including phenoxy) is 1. The van der Waals surface area contributed by atoms with Gasteiger partial charge in [0.15, 0.2) is 5.90 Å². The van der Waals surface area contributed by atoms with E-state index in [4.69, 9.17) is 4.74 Å². The monoisotopic (exact) mass is 243 g/mol. The Hall–Kier alpha value is -1.31. The molecule has 1 heterocycles. The molecule has 1 saturated carbocycles. The SMILES string of the molecule is c1ccc(CC2=NCCC3(CCCCC3)O2)cc1. The van der Waals surface area contributed by atoms with Gasteiger partial charge in [-0.05, 0) is 31.2 Å². The van der Waals surface area contributed by atoms with Crippen molar-refractivity contribution >= 4 is 5.90 Å². The third-order valence-corrected chi connectivity index (χ3v) is 4.15. The molecule has 96 valence electrons. The Labute approximate surface area is 109 Å². The average Bonchev–Trinajstić information content (AvgIpc) is 2.41. The second-order valence-electron chi connectivity index (χ2n) is 5.53. The zero-order valence-corrected chi connectivity index (χ0v) is 10.9. The number of benzene rings is 1. The topological polar surface area (TPSA) is 21.6 Å². The summed E-state index contributed by atoms with van der Waals surface area (Å²) in [5, 5.41) is 0. The molecule has 1 aliphatic heterocycles. The van der Waals surface area contributed by atoms with E-state index >= 15 is 0 Å². The lowest BCUT2D eigenvalue weighted by Gasteiger charge is -2.40. The molecule has 0 aromatic heterocycles. The van der Waals surface area contributed by atoms with E-state index < -0.39 is 0 Å². The van der Waals surface area contributed by atoms with Crippen LogP contribution < -0.4 is 0 Å². The van der Waals surface area contributed by atoms with E-state index in [1.54, 1.807) is 0 Å². The second-order valence-corrected chi connectivity index (χ2v) is 5.53. The van der Waals surface area contributed by atoms with Crippen molar-refractivity contribution in [1.82, 2.24) is 0 Å². The zero-order chi connectivity index (χ0) is 12.3. The van der Waals surface area contributed by atoms with Gasteiger partial charge in [0.25, 0.3) is 0 Å². The molecule has 2 nitrogen and oxygen atoms in total. The Balaban J connectivity index is 1.68. The van der Waals surface area contributed by atoms with E-state index in [9.17, 15) is 0 Å². The first-order chi connectivity index (χ1) is 8.86. The molecule has 1 spiro atoms. The van der Waals surface area contributed by atoms with E-state index in [1.165, 1.54) is 37.7 Å². The van der Waals surface area contributed by atoms with Gasteiger partial charge in [-0.25, -0.2) is 0 Å². The molecule has 18 heavy (non-hydrogen) atoms. The Kier molecular flexibility index (Phi) is 3.35. The molecule has 3 rings (SSSR count). The van der Waals surface area contributed by atoms with Gasteiger partial charge in [0.1, 0.15) is 5.60 Å². The number of aliphatic imine (C=N–C) groups is 1. The van der Waals surface area contributed by atoms with Gasteiger partial charge < -0.3 is 4.74 Å². The summed E-state index contributed by atoms with van der Waals surface area (Å²) in [7, 11) is 0. The average molecular weight is 243 g/mol. The van der Waals surface area contributed by atoms with E-state index in [0.717, 1.165) is 25.3 Å². The molecule has 0 N–H and O–H groups in total. The first kappa shape index (κ1) is 11.8. The van der Waals surface area contributed by atoms with Gasteiger partial charge in [0.2, 0.25) is 0 Å². The summed E-state index contributed by atoms with van der Waals surface area (Å²) in [5.41, 5.74) is 1.42. The highest BCUT2D eigenvalue weighted by molar-refractivity contribution is 5.79. The van der Waals surface area contributed by atoms with Crippen LogP contribution >= 0.6 is 0 Å². The fourth-order valence-electron chi connectivity index (χ4n) is 3.13. The van der Waals surface area contributed by atoms with Crippen molar-refractivity contribution in [3.05, 3.63) is 35.9 Å². The first-order valence-corrected chi connectivity index (χ1v) is 7.13. The summed E-state index contributed by atoms with van der Waals surface area (Å²) >= 11 is 0. The normalized spacial score (nSPS) is 22.3. The maximum Gasteiger partial charge on any atom is 0.188 e. The largest absolute Gasteiger partial charge is 0.474 e. The minimum absolute atomic E-state index is 0.129. The van der Waals surface area contributed by atoms with E-state index in [0.29, 0.717) is 0 Å². The van der Waals surface area contributed by atoms with Crippen molar-refractivity contribution in [2.45, 2.75) is 50.5 Å². The lowest BCUT2D eigenvalue weighted by molar-refractivity contribution is 0.000947. The van der Waals surface area contributed by atoms with Crippen molar-refractivity contribution in [1.29, 1.82) is 0 Å². The summed E-state index contributed by atoms with van der Waals surface area (Å²) in [6.45, 7) is 0.947. The zero-order valence-electron chi connectivity index (χ0n) is 10.9. The molecule has 0 bridgehead atoms. The van der Waals surface area contributed by atoms with Crippen LogP contribution in [0.5, 0.6) is 0 Å². The van der Waals surface area contributed by atoms with Crippen LogP contribution in [0.2, 0.25) is 0 Å². The van der Waals surface area contributed by atoms with Gasteiger partial charge in [-0.1, -0.05) is 36.8 Å². The van der Waals surface area contributed by atoms with E-state index in [1.807, 2.05) is 0 Å². The molecule has 1 aliphatic carbocycles. The van der Waals surface area contributed by atoms with Crippen LogP contribution in [0.4, 0.5) is 0 Å². The number of rotatable bonds is 2. The molecule has 1 aromatic carbocycles. The number of hydrogen-bond donors (Lipinski definition) is 0. The predicted octanol–water partition coefficient (Wildman–Crippen LogP) is 3.75. The third-order valence-electron chi connectivity index (χ3n) is 4.15. The van der Waals surface area contributed by atoms with Crippen LogP contribution in [-0.4, -0.2) is 18.0 Å². The fraction of sp³-hybridized carbons (Fsp3) is 0.562. The van der Waals surface area contributed by atoms with Crippen molar-refractivity contribution in [3.8, 4) is 0 Å². The van der Waals surface area contributed by atoms with Gasteiger partial charge in [-0.15, -0.1) is 0 Å². The highest BCUT2D eigenvalue weighted by Gasteiger charge is 2.36.